The van der Waals surface area contributed by atoms with Crippen molar-refractivity contribution in [3.8, 4) is 5.75 Å². The molecule has 18 heteroatoms. The van der Waals surface area contributed by atoms with Gasteiger partial charge in [0.1, 0.15) is 36.0 Å². The number of aromatic nitrogens is 1. The minimum atomic E-state index is -1.36. The Labute approximate surface area is 352 Å². The molecule has 16 nitrogen and oxygen atoms in total. The Balaban J connectivity index is 1.65. The van der Waals surface area contributed by atoms with Crippen molar-refractivity contribution in [3.05, 3.63) is 102 Å². The Morgan fingerprint density at radius 2 is 1.12 bits per heavy atom. The number of nitrogens with two attached hydrogens (primary N) is 2. The molecular formula is C41H52N8O8S2. The van der Waals surface area contributed by atoms with Gasteiger partial charge in [0.05, 0.1) is 6.04 Å². The summed E-state index contributed by atoms with van der Waals surface area (Å²) < 4.78 is 0. The minimum Gasteiger partial charge on any atom is -0.508 e. The molecule has 6 atom stereocenters. The Kier molecular flexibility index (Phi) is 18.1. The first-order chi connectivity index (χ1) is 28.3. The quantitative estimate of drug-likeness (QED) is 0.0368. The smallest absolute Gasteiger partial charge is 0.327 e. The lowest BCUT2D eigenvalue weighted by atomic mass is 10.0. The van der Waals surface area contributed by atoms with E-state index in [0.717, 1.165) is 16.5 Å². The van der Waals surface area contributed by atoms with Gasteiger partial charge in [0.15, 0.2) is 0 Å². The van der Waals surface area contributed by atoms with Crippen molar-refractivity contribution < 1.29 is 39.0 Å². The van der Waals surface area contributed by atoms with Crippen LogP contribution in [0.4, 0.5) is 0 Å². The number of aromatic hydroxyl groups is 1. The maximum Gasteiger partial charge on any atom is 0.327 e. The lowest BCUT2D eigenvalue weighted by Gasteiger charge is -2.27. The van der Waals surface area contributed by atoms with Crippen LogP contribution in [0.3, 0.4) is 0 Å². The van der Waals surface area contributed by atoms with E-state index in [1.807, 2.05) is 30.3 Å². The molecule has 0 fully saturated rings. The number of phenols is 1. The van der Waals surface area contributed by atoms with Crippen LogP contribution in [0.2, 0.25) is 0 Å². The number of amides is 5. The Morgan fingerprint density at radius 1 is 0.610 bits per heavy atom. The molecule has 0 spiro atoms. The normalized spacial score (nSPS) is 14.2. The van der Waals surface area contributed by atoms with Gasteiger partial charge >= 0.3 is 5.97 Å². The van der Waals surface area contributed by atoms with Crippen molar-refractivity contribution in [2.45, 2.75) is 74.8 Å². The second-order valence-corrected chi connectivity index (χ2v) is 14.8. The predicted octanol–water partition coefficient (Wildman–Crippen LogP) is 0.726. The van der Waals surface area contributed by atoms with Gasteiger partial charge in [-0.25, -0.2) is 4.79 Å². The number of carboxylic acid groups (broad SMARTS) is 1. The van der Waals surface area contributed by atoms with Crippen molar-refractivity contribution in [2.75, 3.05) is 18.1 Å². The van der Waals surface area contributed by atoms with Crippen LogP contribution in [0.1, 0.15) is 36.0 Å². The predicted molar refractivity (Wildman–Crippen MR) is 230 cm³/mol. The van der Waals surface area contributed by atoms with Crippen molar-refractivity contribution in [1.82, 2.24) is 31.6 Å². The lowest BCUT2D eigenvalue weighted by Crippen LogP contribution is -2.60. The molecule has 0 bridgehead atoms. The number of phenolic OH excluding ortho intramolecular Hbond substituents is 1. The molecule has 0 saturated heterocycles. The number of para-hydroxylation sites is 1. The van der Waals surface area contributed by atoms with Gasteiger partial charge in [0, 0.05) is 47.9 Å². The van der Waals surface area contributed by atoms with Crippen molar-refractivity contribution in [3.63, 3.8) is 0 Å². The molecule has 4 aromatic rings. The number of carbonyl (C=O) groups is 6. The summed E-state index contributed by atoms with van der Waals surface area (Å²) in [4.78, 5) is 84.0. The third-order valence-corrected chi connectivity index (χ3v) is 10.3. The fraction of sp³-hybridized carbons (Fsp3) is 0.366. The molecule has 0 aliphatic heterocycles. The number of carbonyl (C=O) groups excluding carboxylic acids is 5. The molecule has 0 aliphatic rings. The first kappa shape index (κ1) is 46.1. The molecule has 59 heavy (non-hydrogen) atoms. The summed E-state index contributed by atoms with van der Waals surface area (Å²) in [6.45, 7) is 0.305. The lowest BCUT2D eigenvalue weighted by molar-refractivity contribution is -0.141. The molecule has 0 saturated carbocycles. The number of H-pyrrole nitrogens is 1. The summed E-state index contributed by atoms with van der Waals surface area (Å²) >= 11 is 8.14. The first-order valence-electron chi connectivity index (χ1n) is 19.1. The molecule has 12 N–H and O–H groups in total. The van der Waals surface area contributed by atoms with E-state index in [9.17, 15) is 39.0 Å². The molecule has 3 aromatic carbocycles. The Hall–Kier alpha value is -5.56. The number of hydrogen-bond acceptors (Lipinski definition) is 11. The van der Waals surface area contributed by atoms with Gasteiger partial charge in [-0.15, -0.1) is 0 Å². The number of benzene rings is 3. The average Bonchev–Trinajstić information content (AvgIpc) is 3.64. The van der Waals surface area contributed by atoms with Crippen molar-refractivity contribution in [2.24, 2.45) is 11.5 Å². The number of fused-ring (bicyclic) bond motifs is 1. The zero-order chi connectivity index (χ0) is 42.9. The zero-order valence-electron chi connectivity index (χ0n) is 32.3. The van der Waals surface area contributed by atoms with E-state index in [0.29, 0.717) is 30.5 Å². The van der Waals surface area contributed by atoms with E-state index < -0.39 is 71.8 Å². The van der Waals surface area contributed by atoms with Crippen LogP contribution in [-0.2, 0) is 48.0 Å². The number of nitrogens with one attached hydrogen (secondary N) is 6. The van der Waals surface area contributed by atoms with Crippen LogP contribution in [0.15, 0.2) is 85.1 Å². The number of hydrogen-bond donors (Lipinski definition) is 12. The number of unbranched alkanes of at least 4 members (excludes halogenated alkanes) is 1. The van der Waals surface area contributed by atoms with E-state index in [-0.39, 0.29) is 42.9 Å². The minimum absolute atomic E-state index is 0.0208. The second kappa shape index (κ2) is 23.1. The molecule has 4 rings (SSSR count). The first-order valence-corrected chi connectivity index (χ1v) is 20.4. The van der Waals surface area contributed by atoms with Crippen LogP contribution >= 0.6 is 25.3 Å². The van der Waals surface area contributed by atoms with Crippen molar-refractivity contribution >= 4 is 71.7 Å². The Bertz CT molecular complexity index is 2030. The molecule has 5 amide bonds. The van der Waals surface area contributed by atoms with Gasteiger partial charge in [0.25, 0.3) is 0 Å². The second-order valence-electron chi connectivity index (χ2n) is 14.0. The maximum atomic E-state index is 14.4. The number of thiol groups is 2. The summed E-state index contributed by atoms with van der Waals surface area (Å²) in [5, 5.41) is 33.5. The summed E-state index contributed by atoms with van der Waals surface area (Å²) in [6.07, 6.45) is 2.68. The van der Waals surface area contributed by atoms with Crippen molar-refractivity contribution in [1.29, 1.82) is 0 Å². The zero-order valence-corrected chi connectivity index (χ0v) is 34.1. The van der Waals surface area contributed by atoms with E-state index >= 15 is 0 Å². The fourth-order valence-electron chi connectivity index (χ4n) is 6.26. The Morgan fingerprint density at radius 3 is 1.69 bits per heavy atom. The number of rotatable bonds is 23. The van der Waals surface area contributed by atoms with E-state index in [4.69, 9.17) is 11.5 Å². The van der Waals surface area contributed by atoms with Gasteiger partial charge in [-0.05, 0) is 60.7 Å². The highest BCUT2D eigenvalue weighted by molar-refractivity contribution is 7.80. The number of aliphatic carboxylic acids is 1. The highest BCUT2D eigenvalue weighted by Crippen LogP contribution is 2.20. The number of aromatic amines is 1. The van der Waals surface area contributed by atoms with Gasteiger partial charge in [-0.2, -0.15) is 25.3 Å². The number of carboxylic acids is 1. The third kappa shape index (κ3) is 14.1. The third-order valence-electron chi connectivity index (χ3n) is 9.57. The fourth-order valence-corrected chi connectivity index (χ4v) is 6.68. The molecule has 316 valence electrons. The standard InChI is InChI=1S/C41H52N8O8S2/c42-17-7-6-12-31(37(52)47-33(19-25-13-15-27(50)16-14-25)39(54)49-35(23-59)41(56)57)45-40(55)34(20-26-21-44-30-11-5-4-10-28(26)30)48-38(53)32(46-36(51)29(43)22-58)18-24-8-2-1-3-9-24/h1-5,8-11,13-16,21,29,31-35,44,50,58-59H,6-7,12,17-20,22-23,42-43H2,(H,45,55)(H,46,51)(H,47,52)(H,48,53)(H,49,54)(H,56,57). The summed E-state index contributed by atoms with van der Waals surface area (Å²) in [5.74, 6) is -5.12. The van der Waals surface area contributed by atoms with Gasteiger partial charge < -0.3 is 53.2 Å². The molecule has 1 aromatic heterocycles. The highest BCUT2D eigenvalue weighted by Gasteiger charge is 2.33. The SMILES string of the molecule is NCCCCC(NC(=O)C(Cc1c[nH]c2ccccc12)NC(=O)C(Cc1ccccc1)NC(=O)C(N)CS)C(=O)NC(Cc1ccc(O)cc1)C(=O)NC(CS)C(=O)O. The highest BCUT2D eigenvalue weighted by atomic mass is 32.1. The summed E-state index contributed by atoms with van der Waals surface area (Å²) in [6, 6.07) is 15.0. The van der Waals surface area contributed by atoms with E-state index in [1.54, 1.807) is 42.6 Å². The molecule has 0 aliphatic carbocycles. The molecule has 0 radical (unpaired) electrons. The topological polar surface area (TPSA) is 271 Å². The molecular weight excluding hydrogens is 797 g/mol. The van der Waals surface area contributed by atoms with Gasteiger partial charge in [-0.1, -0.05) is 60.7 Å². The van der Waals surface area contributed by atoms with Crippen LogP contribution in [0.25, 0.3) is 10.9 Å². The van der Waals surface area contributed by atoms with Crippen LogP contribution < -0.4 is 38.1 Å². The monoisotopic (exact) mass is 848 g/mol. The summed E-state index contributed by atoms with van der Waals surface area (Å²) in [5.41, 5.74) is 14.4. The van der Waals surface area contributed by atoms with Crippen LogP contribution in [0.5, 0.6) is 5.75 Å². The van der Waals surface area contributed by atoms with E-state index in [2.05, 4.69) is 56.8 Å². The largest absolute Gasteiger partial charge is 0.508 e. The van der Waals surface area contributed by atoms with Gasteiger partial charge in [0.2, 0.25) is 29.5 Å². The van der Waals surface area contributed by atoms with Crippen LogP contribution in [-0.4, -0.2) is 105 Å². The average molecular weight is 849 g/mol. The molecule has 6 unspecified atom stereocenters. The summed E-state index contributed by atoms with van der Waals surface area (Å²) in [7, 11) is 0. The van der Waals surface area contributed by atoms with Crippen LogP contribution in [0, 0.1) is 0 Å². The molecule has 1 heterocycles. The maximum absolute atomic E-state index is 14.4. The van der Waals surface area contributed by atoms with Gasteiger partial charge in [-0.3, -0.25) is 24.0 Å². The van der Waals surface area contributed by atoms with E-state index in [1.165, 1.54) is 12.1 Å².